The topological polar surface area (TPSA) is 57.5 Å². The zero-order valence-corrected chi connectivity index (χ0v) is 12.3. The number of hydrogen-bond donors (Lipinski definition) is 2. The summed E-state index contributed by atoms with van der Waals surface area (Å²) in [7, 11) is 0. The van der Waals surface area contributed by atoms with Gasteiger partial charge in [0.15, 0.2) is 5.78 Å². The van der Waals surface area contributed by atoms with Crippen LogP contribution in [-0.4, -0.2) is 22.1 Å². The van der Waals surface area contributed by atoms with E-state index in [0.717, 1.165) is 5.56 Å². The molecule has 0 saturated carbocycles. The van der Waals surface area contributed by atoms with Crippen LogP contribution in [0.15, 0.2) is 72.8 Å². The molecule has 2 aromatic carbocycles. The van der Waals surface area contributed by atoms with Crippen molar-refractivity contribution in [3.63, 3.8) is 0 Å². The largest absolute Gasteiger partial charge is 0.393 e. The molecular formula is C19H20O3. The van der Waals surface area contributed by atoms with Crippen molar-refractivity contribution in [1.82, 2.24) is 0 Å². The Labute approximate surface area is 130 Å². The van der Waals surface area contributed by atoms with E-state index in [0.29, 0.717) is 12.0 Å². The Bertz CT molecular complexity index is 605. The Hall–Kier alpha value is -2.23. The second-order valence-corrected chi connectivity index (χ2v) is 5.18. The molecule has 0 unspecified atom stereocenters. The van der Waals surface area contributed by atoms with Crippen LogP contribution in [0.25, 0.3) is 0 Å². The SMILES string of the molecule is O=C(/C=C/C[C@H](O)C[C@H](O)c1ccccc1)c1ccccc1. The summed E-state index contributed by atoms with van der Waals surface area (Å²) in [6.45, 7) is 0. The molecule has 2 aromatic rings. The summed E-state index contributed by atoms with van der Waals surface area (Å²) in [6, 6.07) is 18.2. The van der Waals surface area contributed by atoms with Gasteiger partial charge in [-0.3, -0.25) is 4.79 Å². The first-order valence-electron chi connectivity index (χ1n) is 7.34. The van der Waals surface area contributed by atoms with Crippen LogP contribution < -0.4 is 0 Å². The van der Waals surface area contributed by atoms with Gasteiger partial charge in [0.2, 0.25) is 0 Å². The number of ketones is 1. The lowest BCUT2D eigenvalue weighted by molar-refractivity contribution is 0.0821. The van der Waals surface area contributed by atoms with E-state index in [9.17, 15) is 15.0 Å². The fraction of sp³-hybridized carbons (Fsp3) is 0.211. The number of carbonyl (C=O) groups is 1. The smallest absolute Gasteiger partial charge is 0.185 e. The lowest BCUT2D eigenvalue weighted by Gasteiger charge is -2.14. The molecule has 0 aliphatic rings. The maximum Gasteiger partial charge on any atom is 0.185 e. The molecule has 0 saturated heterocycles. The summed E-state index contributed by atoms with van der Waals surface area (Å²) in [5, 5.41) is 20.0. The highest BCUT2D eigenvalue weighted by Gasteiger charge is 2.12. The fourth-order valence-corrected chi connectivity index (χ4v) is 2.20. The van der Waals surface area contributed by atoms with Gasteiger partial charge in [-0.05, 0) is 18.1 Å². The van der Waals surface area contributed by atoms with Gasteiger partial charge in [-0.2, -0.15) is 0 Å². The van der Waals surface area contributed by atoms with Crippen molar-refractivity contribution in [2.24, 2.45) is 0 Å². The van der Waals surface area contributed by atoms with E-state index < -0.39 is 12.2 Å². The fourth-order valence-electron chi connectivity index (χ4n) is 2.20. The van der Waals surface area contributed by atoms with Crippen LogP contribution in [0.1, 0.15) is 34.9 Å². The number of benzene rings is 2. The average molecular weight is 296 g/mol. The molecule has 0 radical (unpaired) electrons. The van der Waals surface area contributed by atoms with E-state index in [1.165, 1.54) is 6.08 Å². The molecule has 0 heterocycles. The van der Waals surface area contributed by atoms with E-state index >= 15 is 0 Å². The van der Waals surface area contributed by atoms with Crippen molar-refractivity contribution >= 4 is 5.78 Å². The maximum absolute atomic E-state index is 11.9. The average Bonchev–Trinajstić information content (AvgIpc) is 2.56. The van der Waals surface area contributed by atoms with Crippen LogP contribution >= 0.6 is 0 Å². The van der Waals surface area contributed by atoms with E-state index in [1.54, 1.807) is 18.2 Å². The molecule has 0 bridgehead atoms. The monoisotopic (exact) mass is 296 g/mol. The van der Waals surface area contributed by atoms with E-state index in [4.69, 9.17) is 0 Å². The number of aliphatic hydroxyl groups excluding tert-OH is 2. The first-order valence-corrected chi connectivity index (χ1v) is 7.34. The third-order valence-corrected chi connectivity index (χ3v) is 3.42. The summed E-state index contributed by atoms with van der Waals surface area (Å²) in [4.78, 5) is 11.9. The van der Waals surface area contributed by atoms with Gasteiger partial charge >= 0.3 is 0 Å². The quantitative estimate of drug-likeness (QED) is 0.609. The van der Waals surface area contributed by atoms with E-state index in [2.05, 4.69) is 0 Å². The Morgan fingerprint density at radius 1 is 0.955 bits per heavy atom. The summed E-state index contributed by atoms with van der Waals surface area (Å²) in [5.74, 6) is -0.0867. The van der Waals surface area contributed by atoms with Crippen molar-refractivity contribution in [1.29, 1.82) is 0 Å². The molecule has 114 valence electrons. The molecular weight excluding hydrogens is 276 g/mol. The molecule has 3 heteroatoms. The van der Waals surface area contributed by atoms with Crippen LogP contribution in [0, 0.1) is 0 Å². The van der Waals surface area contributed by atoms with Crippen molar-refractivity contribution < 1.29 is 15.0 Å². The molecule has 0 amide bonds. The second kappa shape index (κ2) is 8.27. The minimum atomic E-state index is -0.700. The normalized spacial score (nSPS) is 13.9. The summed E-state index contributed by atoms with van der Waals surface area (Å²) < 4.78 is 0. The Balaban J connectivity index is 1.81. The van der Waals surface area contributed by atoms with Crippen molar-refractivity contribution in [3.05, 3.63) is 83.9 Å². The van der Waals surface area contributed by atoms with Gasteiger partial charge in [-0.25, -0.2) is 0 Å². The molecule has 3 nitrogen and oxygen atoms in total. The minimum absolute atomic E-state index is 0.0867. The lowest BCUT2D eigenvalue weighted by Crippen LogP contribution is -2.11. The van der Waals surface area contributed by atoms with Crippen LogP contribution in [0.2, 0.25) is 0 Å². The number of rotatable bonds is 7. The molecule has 0 spiro atoms. The second-order valence-electron chi connectivity index (χ2n) is 5.18. The molecule has 2 N–H and O–H groups in total. The Morgan fingerprint density at radius 2 is 1.55 bits per heavy atom. The van der Waals surface area contributed by atoms with Crippen LogP contribution in [0.4, 0.5) is 0 Å². The van der Waals surface area contributed by atoms with Gasteiger partial charge in [-0.15, -0.1) is 0 Å². The standard InChI is InChI=1S/C19H20O3/c20-17(14-19(22)16-10-5-2-6-11-16)12-7-13-18(21)15-8-3-1-4-9-15/h1-11,13,17,19-20,22H,12,14H2/b13-7+/t17-,19-/m0/s1. The summed E-state index contributed by atoms with van der Waals surface area (Å²) in [6.07, 6.45) is 2.31. The number of aliphatic hydroxyl groups is 2. The van der Waals surface area contributed by atoms with Crippen molar-refractivity contribution in [3.8, 4) is 0 Å². The van der Waals surface area contributed by atoms with E-state index in [1.807, 2.05) is 48.5 Å². The van der Waals surface area contributed by atoms with Gasteiger partial charge in [0.25, 0.3) is 0 Å². The Morgan fingerprint density at radius 3 is 2.18 bits per heavy atom. The van der Waals surface area contributed by atoms with E-state index in [-0.39, 0.29) is 12.2 Å². The highest BCUT2D eigenvalue weighted by molar-refractivity contribution is 6.04. The molecule has 0 aliphatic carbocycles. The van der Waals surface area contributed by atoms with Crippen molar-refractivity contribution in [2.45, 2.75) is 25.0 Å². The third kappa shape index (κ3) is 4.95. The highest BCUT2D eigenvalue weighted by atomic mass is 16.3. The summed E-state index contributed by atoms with van der Waals surface area (Å²) in [5.41, 5.74) is 1.41. The first kappa shape index (κ1) is 16.1. The van der Waals surface area contributed by atoms with Gasteiger partial charge in [0.05, 0.1) is 12.2 Å². The van der Waals surface area contributed by atoms with Gasteiger partial charge < -0.3 is 10.2 Å². The predicted octanol–water partition coefficient (Wildman–Crippen LogP) is 3.30. The van der Waals surface area contributed by atoms with Gasteiger partial charge in [-0.1, -0.05) is 66.7 Å². The lowest BCUT2D eigenvalue weighted by atomic mass is 10.0. The number of allylic oxidation sites excluding steroid dienone is 1. The van der Waals surface area contributed by atoms with Crippen LogP contribution in [-0.2, 0) is 0 Å². The molecule has 2 rings (SSSR count). The molecule has 0 aliphatic heterocycles. The van der Waals surface area contributed by atoms with Crippen LogP contribution in [0.5, 0.6) is 0 Å². The Kier molecular flexibility index (Phi) is 6.07. The zero-order valence-electron chi connectivity index (χ0n) is 12.3. The van der Waals surface area contributed by atoms with Crippen LogP contribution in [0.3, 0.4) is 0 Å². The predicted molar refractivity (Wildman–Crippen MR) is 86.6 cm³/mol. The number of hydrogen-bond acceptors (Lipinski definition) is 3. The minimum Gasteiger partial charge on any atom is -0.393 e. The number of carbonyl (C=O) groups excluding carboxylic acids is 1. The van der Waals surface area contributed by atoms with Crippen molar-refractivity contribution in [2.75, 3.05) is 0 Å². The third-order valence-electron chi connectivity index (χ3n) is 3.42. The van der Waals surface area contributed by atoms with Gasteiger partial charge in [0, 0.05) is 12.0 Å². The van der Waals surface area contributed by atoms with Gasteiger partial charge in [0.1, 0.15) is 0 Å². The first-order chi connectivity index (χ1) is 10.7. The molecule has 0 aromatic heterocycles. The zero-order chi connectivity index (χ0) is 15.8. The molecule has 2 atom stereocenters. The maximum atomic E-state index is 11.9. The summed E-state index contributed by atoms with van der Waals surface area (Å²) >= 11 is 0. The molecule has 22 heavy (non-hydrogen) atoms. The highest BCUT2D eigenvalue weighted by Crippen LogP contribution is 2.19. The molecule has 0 fully saturated rings.